The van der Waals surface area contributed by atoms with Crippen LogP contribution in [0, 0.1) is 5.92 Å². The Balaban J connectivity index is 3.71. The Morgan fingerprint density at radius 3 is 2.44 bits per heavy atom. The molecule has 0 aliphatic heterocycles. The molecule has 0 rings (SSSR count). The van der Waals surface area contributed by atoms with Crippen molar-refractivity contribution in [1.82, 2.24) is 10.6 Å². The molecule has 0 saturated carbocycles. The molecular weight excluding hydrogens is 210 g/mol. The number of amides is 2. The van der Waals surface area contributed by atoms with Gasteiger partial charge >= 0.3 is 0 Å². The summed E-state index contributed by atoms with van der Waals surface area (Å²) in [5, 5.41) is 5.06. The van der Waals surface area contributed by atoms with Gasteiger partial charge in [0.15, 0.2) is 0 Å². The van der Waals surface area contributed by atoms with Crippen molar-refractivity contribution in [1.29, 1.82) is 0 Å². The van der Waals surface area contributed by atoms with Crippen LogP contribution < -0.4 is 16.4 Å². The second-order valence-electron chi connectivity index (χ2n) is 3.83. The third-order valence-electron chi connectivity index (χ3n) is 2.07. The summed E-state index contributed by atoms with van der Waals surface area (Å²) in [6.45, 7) is 4.53. The molecule has 16 heavy (non-hydrogen) atoms. The van der Waals surface area contributed by atoms with Gasteiger partial charge in [0.05, 0.1) is 19.2 Å². The van der Waals surface area contributed by atoms with Gasteiger partial charge in [-0.2, -0.15) is 0 Å². The summed E-state index contributed by atoms with van der Waals surface area (Å²) < 4.78 is 4.77. The zero-order valence-electron chi connectivity index (χ0n) is 10.1. The minimum absolute atomic E-state index is 0.0524. The maximum Gasteiger partial charge on any atom is 0.239 e. The molecule has 0 spiro atoms. The van der Waals surface area contributed by atoms with E-state index in [1.165, 1.54) is 0 Å². The van der Waals surface area contributed by atoms with Crippen LogP contribution in [0.25, 0.3) is 0 Å². The van der Waals surface area contributed by atoms with Gasteiger partial charge in [-0.25, -0.2) is 0 Å². The summed E-state index contributed by atoms with van der Waals surface area (Å²) in [5.41, 5.74) is 5.60. The molecular formula is C10H21N3O3. The molecule has 0 aromatic heterocycles. The standard InChI is InChI=1S/C10H21N3O3/c1-7(2)9(11)10(15)13-6-8(14)12-4-5-16-3/h7,9H,4-6,11H2,1-3H3,(H,12,14)(H,13,15)/t9-/m0/s1. The first kappa shape index (κ1) is 14.9. The zero-order chi connectivity index (χ0) is 12.6. The highest BCUT2D eigenvalue weighted by Crippen LogP contribution is 1.97. The predicted molar refractivity (Wildman–Crippen MR) is 60.7 cm³/mol. The second-order valence-corrected chi connectivity index (χ2v) is 3.83. The average Bonchev–Trinajstić information content (AvgIpc) is 2.25. The second kappa shape index (κ2) is 8.06. The van der Waals surface area contributed by atoms with Crippen LogP contribution >= 0.6 is 0 Å². The average molecular weight is 231 g/mol. The molecule has 2 amide bonds. The number of nitrogens with two attached hydrogens (primary N) is 1. The summed E-state index contributed by atoms with van der Waals surface area (Å²) in [4.78, 5) is 22.6. The van der Waals surface area contributed by atoms with Crippen LogP contribution in [0.15, 0.2) is 0 Å². The normalized spacial score (nSPS) is 12.3. The molecule has 0 fully saturated rings. The number of hydrogen-bond donors (Lipinski definition) is 3. The molecule has 4 N–H and O–H groups in total. The number of hydrogen-bond acceptors (Lipinski definition) is 4. The van der Waals surface area contributed by atoms with Crippen LogP contribution in [-0.2, 0) is 14.3 Å². The number of nitrogens with one attached hydrogen (secondary N) is 2. The van der Waals surface area contributed by atoms with Crippen LogP contribution in [0.3, 0.4) is 0 Å². The maximum atomic E-state index is 11.4. The van der Waals surface area contributed by atoms with E-state index in [1.54, 1.807) is 7.11 Å². The van der Waals surface area contributed by atoms with Crippen LogP contribution in [0.2, 0.25) is 0 Å². The molecule has 6 nitrogen and oxygen atoms in total. The van der Waals surface area contributed by atoms with Crippen molar-refractivity contribution in [2.75, 3.05) is 26.8 Å². The molecule has 0 aromatic rings. The van der Waals surface area contributed by atoms with E-state index < -0.39 is 6.04 Å². The molecule has 0 aliphatic carbocycles. The topological polar surface area (TPSA) is 93.5 Å². The van der Waals surface area contributed by atoms with E-state index in [2.05, 4.69) is 10.6 Å². The zero-order valence-corrected chi connectivity index (χ0v) is 10.1. The Hall–Kier alpha value is -1.14. The molecule has 0 aliphatic rings. The van der Waals surface area contributed by atoms with E-state index in [9.17, 15) is 9.59 Å². The highest BCUT2D eigenvalue weighted by atomic mass is 16.5. The van der Waals surface area contributed by atoms with Gasteiger partial charge in [-0.3, -0.25) is 9.59 Å². The Bertz CT molecular complexity index is 231. The Labute approximate surface area is 95.9 Å². The van der Waals surface area contributed by atoms with E-state index >= 15 is 0 Å². The summed E-state index contributed by atoms with van der Waals surface area (Å²) in [7, 11) is 1.55. The van der Waals surface area contributed by atoms with E-state index in [0.717, 1.165) is 0 Å². The predicted octanol–water partition coefficient (Wildman–Crippen LogP) is -1.15. The smallest absolute Gasteiger partial charge is 0.239 e. The van der Waals surface area contributed by atoms with Crippen LogP contribution in [-0.4, -0.2) is 44.7 Å². The lowest BCUT2D eigenvalue weighted by atomic mass is 10.1. The Morgan fingerprint density at radius 1 is 1.31 bits per heavy atom. The minimum atomic E-state index is -0.577. The van der Waals surface area contributed by atoms with Gasteiger partial charge in [0, 0.05) is 13.7 Å². The van der Waals surface area contributed by atoms with Crippen molar-refractivity contribution in [3.05, 3.63) is 0 Å². The summed E-state index contributed by atoms with van der Waals surface area (Å²) in [6, 6.07) is -0.577. The molecule has 6 heteroatoms. The summed E-state index contributed by atoms with van der Waals surface area (Å²) in [5.74, 6) is -0.505. The fraction of sp³-hybridized carbons (Fsp3) is 0.800. The first-order chi connectivity index (χ1) is 7.49. The molecule has 0 heterocycles. The van der Waals surface area contributed by atoms with Gasteiger partial charge in [0.25, 0.3) is 0 Å². The van der Waals surface area contributed by atoms with E-state index in [1.807, 2.05) is 13.8 Å². The Morgan fingerprint density at radius 2 is 1.94 bits per heavy atom. The van der Waals surface area contributed by atoms with Crippen molar-refractivity contribution in [3.63, 3.8) is 0 Å². The lowest BCUT2D eigenvalue weighted by Gasteiger charge is -2.15. The number of rotatable bonds is 7. The van der Waals surface area contributed by atoms with Gasteiger partial charge in [-0.15, -0.1) is 0 Å². The van der Waals surface area contributed by atoms with Crippen molar-refractivity contribution < 1.29 is 14.3 Å². The van der Waals surface area contributed by atoms with Crippen molar-refractivity contribution in [3.8, 4) is 0 Å². The third-order valence-corrected chi connectivity index (χ3v) is 2.07. The number of carbonyl (C=O) groups is 2. The third kappa shape index (κ3) is 6.36. The first-order valence-electron chi connectivity index (χ1n) is 5.28. The number of carbonyl (C=O) groups excluding carboxylic acids is 2. The summed E-state index contributed by atoms with van der Waals surface area (Å²) in [6.07, 6.45) is 0. The lowest BCUT2D eigenvalue weighted by molar-refractivity contribution is -0.127. The largest absolute Gasteiger partial charge is 0.383 e. The first-order valence-corrected chi connectivity index (χ1v) is 5.28. The molecule has 0 bridgehead atoms. The van der Waals surface area contributed by atoms with E-state index in [4.69, 9.17) is 10.5 Å². The quantitative estimate of drug-likeness (QED) is 0.482. The van der Waals surface area contributed by atoms with E-state index in [0.29, 0.717) is 13.2 Å². The van der Waals surface area contributed by atoms with Gasteiger partial charge in [0.2, 0.25) is 11.8 Å². The fourth-order valence-corrected chi connectivity index (χ4v) is 0.943. The fourth-order valence-electron chi connectivity index (χ4n) is 0.943. The SMILES string of the molecule is COCCNC(=O)CNC(=O)[C@@H](N)C(C)C. The van der Waals surface area contributed by atoms with Gasteiger partial charge in [0.1, 0.15) is 0 Å². The number of methoxy groups -OCH3 is 1. The molecule has 94 valence electrons. The van der Waals surface area contributed by atoms with Crippen molar-refractivity contribution in [2.24, 2.45) is 11.7 Å². The van der Waals surface area contributed by atoms with Crippen molar-refractivity contribution in [2.45, 2.75) is 19.9 Å². The summed E-state index contributed by atoms with van der Waals surface area (Å²) >= 11 is 0. The maximum absolute atomic E-state index is 11.4. The monoisotopic (exact) mass is 231 g/mol. The van der Waals surface area contributed by atoms with Crippen LogP contribution in [0.5, 0.6) is 0 Å². The van der Waals surface area contributed by atoms with Crippen LogP contribution in [0.4, 0.5) is 0 Å². The molecule has 0 unspecified atom stereocenters. The Kier molecular flexibility index (Phi) is 7.49. The van der Waals surface area contributed by atoms with Crippen molar-refractivity contribution >= 4 is 11.8 Å². The highest BCUT2D eigenvalue weighted by molar-refractivity contribution is 5.87. The van der Waals surface area contributed by atoms with Crippen LogP contribution in [0.1, 0.15) is 13.8 Å². The van der Waals surface area contributed by atoms with Gasteiger partial charge in [-0.1, -0.05) is 13.8 Å². The molecule has 0 saturated heterocycles. The lowest BCUT2D eigenvalue weighted by Crippen LogP contribution is -2.47. The molecule has 1 atom stereocenters. The highest BCUT2D eigenvalue weighted by Gasteiger charge is 2.17. The molecule has 0 aromatic carbocycles. The minimum Gasteiger partial charge on any atom is -0.383 e. The van der Waals surface area contributed by atoms with Gasteiger partial charge < -0.3 is 21.1 Å². The molecule has 0 radical (unpaired) electrons. The van der Waals surface area contributed by atoms with E-state index in [-0.39, 0.29) is 24.3 Å². The van der Waals surface area contributed by atoms with Gasteiger partial charge in [-0.05, 0) is 5.92 Å². The number of ether oxygens (including phenoxy) is 1.